The van der Waals surface area contributed by atoms with Crippen molar-refractivity contribution in [3.05, 3.63) is 51.8 Å². The van der Waals surface area contributed by atoms with Crippen molar-refractivity contribution in [2.75, 3.05) is 0 Å². The average Bonchev–Trinajstić information content (AvgIpc) is 2.59. The van der Waals surface area contributed by atoms with Gasteiger partial charge in [0.05, 0.1) is 12.2 Å². The number of hydrogen-bond donors (Lipinski definition) is 0. The standard InChI is InChI=1S/C11H12N2O2/c1-8-4-3-5-13(11(8)14)7-10-6-9(2)12-15-10/h3-6H,7H2,1-2H3. The molecule has 2 heterocycles. The molecule has 0 fully saturated rings. The summed E-state index contributed by atoms with van der Waals surface area (Å²) >= 11 is 0. The number of aryl methyl sites for hydroxylation is 2. The molecule has 0 atom stereocenters. The van der Waals surface area contributed by atoms with Crippen LogP contribution in [0.1, 0.15) is 17.0 Å². The van der Waals surface area contributed by atoms with E-state index < -0.39 is 0 Å². The lowest BCUT2D eigenvalue weighted by Gasteiger charge is -2.02. The van der Waals surface area contributed by atoms with Crippen LogP contribution < -0.4 is 5.56 Å². The maximum Gasteiger partial charge on any atom is 0.253 e. The minimum Gasteiger partial charge on any atom is -0.359 e. The lowest BCUT2D eigenvalue weighted by Crippen LogP contribution is -2.21. The molecule has 15 heavy (non-hydrogen) atoms. The first-order chi connectivity index (χ1) is 7.16. The van der Waals surface area contributed by atoms with Crippen molar-refractivity contribution in [3.63, 3.8) is 0 Å². The summed E-state index contributed by atoms with van der Waals surface area (Å²) in [5.41, 5.74) is 1.56. The molecule has 2 rings (SSSR count). The van der Waals surface area contributed by atoms with Crippen LogP contribution in [0.4, 0.5) is 0 Å². The van der Waals surface area contributed by atoms with Crippen molar-refractivity contribution in [1.82, 2.24) is 9.72 Å². The molecule has 0 saturated heterocycles. The molecule has 2 aromatic rings. The summed E-state index contributed by atoms with van der Waals surface area (Å²) in [7, 11) is 0. The van der Waals surface area contributed by atoms with Gasteiger partial charge in [-0.25, -0.2) is 0 Å². The SMILES string of the molecule is Cc1cc(Cn2cccc(C)c2=O)on1. The molecule has 0 unspecified atom stereocenters. The van der Waals surface area contributed by atoms with E-state index in [-0.39, 0.29) is 5.56 Å². The van der Waals surface area contributed by atoms with Gasteiger partial charge in [-0.05, 0) is 19.9 Å². The van der Waals surface area contributed by atoms with E-state index in [4.69, 9.17) is 4.52 Å². The first-order valence-corrected chi connectivity index (χ1v) is 4.75. The highest BCUT2D eigenvalue weighted by atomic mass is 16.5. The van der Waals surface area contributed by atoms with Crippen LogP contribution in [0.3, 0.4) is 0 Å². The Morgan fingerprint density at radius 3 is 2.93 bits per heavy atom. The summed E-state index contributed by atoms with van der Waals surface area (Å²) in [6.07, 6.45) is 1.74. The maximum absolute atomic E-state index is 11.7. The van der Waals surface area contributed by atoms with E-state index in [1.165, 1.54) is 0 Å². The van der Waals surface area contributed by atoms with Gasteiger partial charge < -0.3 is 9.09 Å². The number of aromatic nitrogens is 2. The van der Waals surface area contributed by atoms with Gasteiger partial charge in [-0.15, -0.1) is 0 Å². The van der Waals surface area contributed by atoms with Crippen LogP contribution in [-0.2, 0) is 6.54 Å². The molecule has 0 spiro atoms. The van der Waals surface area contributed by atoms with E-state index in [9.17, 15) is 4.79 Å². The van der Waals surface area contributed by atoms with E-state index in [0.29, 0.717) is 12.3 Å². The average molecular weight is 204 g/mol. The Hall–Kier alpha value is -1.84. The van der Waals surface area contributed by atoms with Gasteiger partial charge in [0, 0.05) is 17.8 Å². The third-order valence-corrected chi connectivity index (χ3v) is 2.21. The zero-order valence-corrected chi connectivity index (χ0v) is 8.73. The first-order valence-electron chi connectivity index (χ1n) is 4.75. The van der Waals surface area contributed by atoms with Crippen molar-refractivity contribution >= 4 is 0 Å². The number of rotatable bonds is 2. The fourth-order valence-corrected chi connectivity index (χ4v) is 1.44. The molecule has 0 aliphatic rings. The monoisotopic (exact) mass is 204 g/mol. The van der Waals surface area contributed by atoms with E-state index >= 15 is 0 Å². The van der Waals surface area contributed by atoms with Crippen LogP contribution in [0, 0.1) is 13.8 Å². The maximum atomic E-state index is 11.7. The van der Waals surface area contributed by atoms with E-state index in [1.54, 1.807) is 23.8 Å². The molecular formula is C11H12N2O2. The van der Waals surface area contributed by atoms with Gasteiger partial charge in [-0.3, -0.25) is 4.79 Å². The summed E-state index contributed by atoms with van der Waals surface area (Å²) in [6, 6.07) is 5.47. The minimum atomic E-state index is 0.00607. The van der Waals surface area contributed by atoms with Crippen LogP contribution in [0.25, 0.3) is 0 Å². The highest BCUT2D eigenvalue weighted by molar-refractivity contribution is 5.10. The topological polar surface area (TPSA) is 48.0 Å². The van der Waals surface area contributed by atoms with Crippen LogP contribution in [0.15, 0.2) is 33.7 Å². The molecule has 4 heteroatoms. The second kappa shape index (κ2) is 3.73. The summed E-state index contributed by atoms with van der Waals surface area (Å²) in [5.74, 6) is 0.695. The highest BCUT2D eigenvalue weighted by Gasteiger charge is 2.03. The molecule has 0 saturated carbocycles. The molecule has 78 valence electrons. The lowest BCUT2D eigenvalue weighted by molar-refractivity contribution is 0.371. The van der Waals surface area contributed by atoms with E-state index in [2.05, 4.69) is 5.16 Å². The Labute approximate surface area is 87.1 Å². The van der Waals surface area contributed by atoms with E-state index in [1.807, 2.05) is 19.1 Å². The van der Waals surface area contributed by atoms with Crippen molar-refractivity contribution in [2.45, 2.75) is 20.4 Å². The number of nitrogens with zero attached hydrogens (tertiary/aromatic N) is 2. The van der Waals surface area contributed by atoms with Crippen LogP contribution in [0.2, 0.25) is 0 Å². The fraction of sp³-hybridized carbons (Fsp3) is 0.273. The predicted octanol–water partition coefficient (Wildman–Crippen LogP) is 1.50. The Balaban J connectivity index is 2.32. The molecular weight excluding hydrogens is 192 g/mol. The molecule has 0 aliphatic carbocycles. The molecule has 4 nitrogen and oxygen atoms in total. The first kappa shape index (κ1) is 9.71. The Kier molecular flexibility index (Phi) is 2.41. The Bertz CT molecular complexity index is 525. The normalized spacial score (nSPS) is 10.5. The van der Waals surface area contributed by atoms with Gasteiger partial charge in [0.15, 0.2) is 5.76 Å². The highest BCUT2D eigenvalue weighted by Crippen LogP contribution is 2.03. The Morgan fingerprint density at radius 2 is 2.27 bits per heavy atom. The molecule has 2 aromatic heterocycles. The quantitative estimate of drug-likeness (QED) is 0.744. The van der Waals surface area contributed by atoms with Crippen LogP contribution in [0.5, 0.6) is 0 Å². The van der Waals surface area contributed by atoms with Crippen molar-refractivity contribution < 1.29 is 4.52 Å². The summed E-state index contributed by atoms with van der Waals surface area (Å²) in [4.78, 5) is 11.7. The second-order valence-corrected chi connectivity index (χ2v) is 3.56. The van der Waals surface area contributed by atoms with Crippen LogP contribution >= 0.6 is 0 Å². The molecule has 0 N–H and O–H groups in total. The number of hydrogen-bond acceptors (Lipinski definition) is 3. The third kappa shape index (κ3) is 1.98. The summed E-state index contributed by atoms with van der Waals surface area (Å²) in [6.45, 7) is 4.08. The van der Waals surface area contributed by atoms with Crippen molar-refractivity contribution in [3.8, 4) is 0 Å². The van der Waals surface area contributed by atoms with Crippen molar-refractivity contribution in [1.29, 1.82) is 0 Å². The fourth-order valence-electron chi connectivity index (χ4n) is 1.44. The van der Waals surface area contributed by atoms with Gasteiger partial charge in [0.25, 0.3) is 5.56 Å². The van der Waals surface area contributed by atoms with Gasteiger partial charge in [-0.2, -0.15) is 0 Å². The molecule has 0 aromatic carbocycles. The summed E-state index contributed by atoms with van der Waals surface area (Å²) in [5, 5.41) is 3.77. The zero-order valence-electron chi connectivity index (χ0n) is 8.73. The van der Waals surface area contributed by atoms with Gasteiger partial charge >= 0.3 is 0 Å². The van der Waals surface area contributed by atoms with Crippen molar-refractivity contribution in [2.24, 2.45) is 0 Å². The molecule has 0 aliphatic heterocycles. The lowest BCUT2D eigenvalue weighted by atomic mass is 10.3. The summed E-state index contributed by atoms with van der Waals surface area (Å²) < 4.78 is 6.66. The van der Waals surface area contributed by atoms with Crippen LogP contribution in [-0.4, -0.2) is 9.72 Å². The molecule has 0 radical (unpaired) electrons. The zero-order chi connectivity index (χ0) is 10.8. The largest absolute Gasteiger partial charge is 0.359 e. The van der Waals surface area contributed by atoms with Gasteiger partial charge in [0.1, 0.15) is 0 Å². The number of pyridine rings is 1. The smallest absolute Gasteiger partial charge is 0.253 e. The molecule has 0 bridgehead atoms. The van der Waals surface area contributed by atoms with Gasteiger partial charge in [-0.1, -0.05) is 11.2 Å². The third-order valence-electron chi connectivity index (χ3n) is 2.21. The van der Waals surface area contributed by atoms with Gasteiger partial charge in [0.2, 0.25) is 0 Å². The van der Waals surface area contributed by atoms with E-state index in [0.717, 1.165) is 11.3 Å². The Morgan fingerprint density at radius 1 is 1.47 bits per heavy atom. The minimum absolute atomic E-state index is 0.00607. The predicted molar refractivity (Wildman–Crippen MR) is 55.8 cm³/mol. The second-order valence-electron chi connectivity index (χ2n) is 3.56. The molecule has 0 amide bonds.